The Balaban J connectivity index is 2.86. The first-order chi connectivity index (χ1) is 5.27. The number of nitrogens with zero attached hydrogens (tertiary/aromatic N) is 1. The number of benzene rings is 1. The van der Waals surface area contributed by atoms with Gasteiger partial charge in [0.2, 0.25) is 0 Å². The molecule has 0 saturated heterocycles. The predicted molar refractivity (Wildman–Crippen MR) is 51.1 cm³/mol. The second kappa shape index (κ2) is 2.37. The summed E-state index contributed by atoms with van der Waals surface area (Å²) in [4.78, 5) is 0. The molecule has 0 spiro atoms. The summed E-state index contributed by atoms with van der Waals surface area (Å²) in [6.45, 7) is 0. The molecule has 4 heteroatoms. The SMILES string of the molecule is Nc1noc2cc(I)ccc12. The molecule has 2 N–H and O–H groups in total. The molecule has 0 radical (unpaired) electrons. The average Bonchev–Trinajstić information content (AvgIpc) is 2.32. The summed E-state index contributed by atoms with van der Waals surface area (Å²) >= 11 is 2.21. The van der Waals surface area contributed by atoms with E-state index in [1.165, 1.54) is 0 Å². The van der Waals surface area contributed by atoms with Crippen molar-refractivity contribution in [2.45, 2.75) is 0 Å². The quantitative estimate of drug-likeness (QED) is 0.737. The molecule has 0 aliphatic rings. The Morgan fingerprint density at radius 1 is 1.45 bits per heavy atom. The van der Waals surface area contributed by atoms with E-state index < -0.39 is 0 Å². The third kappa shape index (κ3) is 1.07. The first kappa shape index (κ1) is 6.90. The van der Waals surface area contributed by atoms with Crippen LogP contribution < -0.4 is 5.73 Å². The smallest absolute Gasteiger partial charge is 0.174 e. The van der Waals surface area contributed by atoms with E-state index in [1.807, 2.05) is 18.2 Å². The van der Waals surface area contributed by atoms with E-state index in [-0.39, 0.29) is 0 Å². The fourth-order valence-electron chi connectivity index (χ4n) is 0.931. The highest BCUT2D eigenvalue weighted by molar-refractivity contribution is 14.1. The molecule has 1 heterocycles. The van der Waals surface area contributed by atoms with Gasteiger partial charge < -0.3 is 10.3 Å². The molecule has 0 atom stereocenters. The highest BCUT2D eigenvalue weighted by Crippen LogP contribution is 2.21. The number of hydrogen-bond donors (Lipinski definition) is 1. The molecular weight excluding hydrogens is 255 g/mol. The number of aromatic nitrogens is 1. The van der Waals surface area contributed by atoms with Gasteiger partial charge in [-0.3, -0.25) is 0 Å². The van der Waals surface area contributed by atoms with E-state index in [0.717, 1.165) is 14.5 Å². The second-order valence-electron chi connectivity index (χ2n) is 2.21. The zero-order chi connectivity index (χ0) is 7.84. The van der Waals surface area contributed by atoms with Gasteiger partial charge in [0.1, 0.15) is 0 Å². The minimum absolute atomic E-state index is 0.455. The van der Waals surface area contributed by atoms with Crippen LogP contribution in [-0.4, -0.2) is 5.16 Å². The van der Waals surface area contributed by atoms with E-state index in [0.29, 0.717) is 5.82 Å². The van der Waals surface area contributed by atoms with E-state index in [9.17, 15) is 0 Å². The first-order valence-electron chi connectivity index (χ1n) is 3.08. The molecular formula is C7H5IN2O. The van der Waals surface area contributed by atoms with Crippen molar-refractivity contribution in [3.8, 4) is 0 Å². The van der Waals surface area contributed by atoms with Crippen LogP contribution in [0.3, 0.4) is 0 Å². The summed E-state index contributed by atoms with van der Waals surface area (Å²) in [6.07, 6.45) is 0. The maximum Gasteiger partial charge on any atom is 0.174 e. The molecule has 0 aliphatic carbocycles. The Kier molecular flexibility index (Phi) is 1.49. The lowest BCUT2D eigenvalue weighted by atomic mass is 10.2. The largest absolute Gasteiger partial charge is 0.380 e. The summed E-state index contributed by atoms with van der Waals surface area (Å²) in [5.41, 5.74) is 6.26. The third-order valence-electron chi connectivity index (χ3n) is 1.46. The number of hydrogen-bond acceptors (Lipinski definition) is 3. The zero-order valence-corrected chi connectivity index (χ0v) is 7.70. The Bertz CT molecular complexity index is 396. The fraction of sp³-hybridized carbons (Fsp3) is 0. The minimum Gasteiger partial charge on any atom is -0.380 e. The Morgan fingerprint density at radius 2 is 2.27 bits per heavy atom. The van der Waals surface area contributed by atoms with Gasteiger partial charge in [-0.25, -0.2) is 0 Å². The number of anilines is 1. The van der Waals surface area contributed by atoms with Gasteiger partial charge in [0.15, 0.2) is 11.4 Å². The lowest BCUT2D eigenvalue weighted by Gasteiger charge is -1.87. The van der Waals surface area contributed by atoms with Gasteiger partial charge in [-0.2, -0.15) is 0 Å². The van der Waals surface area contributed by atoms with E-state index in [1.54, 1.807) is 0 Å². The number of nitrogen functional groups attached to an aromatic ring is 1. The summed E-state index contributed by atoms with van der Waals surface area (Å²) in [7, 11) is 0. The molecule has 11 heavy (non-hydrogen) atoms. The van der Waals surface area contributed by atoms with Crippen LogP contribution in [0.1, 0.15) is 0 Å². The molecule has 0 amide bonds. The Labute approximate surface area is 76.7 Å². The standard InChI is InChI=1S/C7H5IN2O/c8-4-1-2-5-6(3-4)11-10-7(5)9/h1-3H,(H2,9,10). The van der Waals surface area contributed by atoms with Crippen molar-refractivity contribution in [3.63, 3.8) is 0 Å². The highest BCUT2D eigenvalue weighted by Gasteiger charge is 2.03. The summed E-state index contributed by atoms with van der Waals surface area (Å²) in [6, 6.07) is 5.78. The molecule has 0 fully saturated rings. The molecule has 2 rings (SSSR count). The van der Waals surface area contributed by atoms with E-state index in [2.05, 4.69) is 27.7 Å². The van der Waals surface area contributed by atoms with Gasteiger partial charge in [0.05, 0.1) is 5.39 Å². The van der Waals surface area contributed by atoms with Crippen molar-refractivity contribution in [2.24, 2.45) is 0 Å². The van der Waals surface area contributed by atoms with Crippen molar-refractivity contribution < 1.29 is 4.52 Å². The van der Waals surface area contributed by atoms with Gasteiger partial charge in [-0.05, 0) is 40.8 Å². The van der Waals surface area contributed by atoms with Crippen LogP contribution in [0.2, 0.25) is 0 Å². The van der Waals surface area contributed by atoms with Crippen LogP contribution >= 0.6 is 22.6 Å². The molecule has 0 bridgehead atoms. The van der Waals surface area contributed by atoms with Crippen molar-refractivity contribution in [1.82, 2.24) is 5.16 Å². The van der Waals surface area contributed by atoms with Gasteiger partial charge >= 0.3 is 0 Å². The van der Waals surface area contributed by atoms with Crippen molar-refractivity contribution in [3.05, 3.63) is 21.8 Å². The lowest BCUT2D eigenvalue weighted by molar-refractivity contribution is 0.460. The van der Waals surface area contributed by atoms with E-state index in [4.69, 9.17) is 10.3 Å². The van der Waals surface area contributed by atoms with Crippen LogP contribution in [0.5, 0.6) is 0 Å². The van der Waals surface area contributed by atoms with Crippen LogP contribution in [0, 0.1) is 3.57 Å². The zero-order valence-electron chi connectivity index (χ0n) is 5.54. The van der Waals surface area contributed by atoms with Crippen molar-refractivity contribution in [1.29, 1.82) is 0 Å². The number of halogens is 1. The molecule has 0 aliphatic heterocycles. The van der Waals surface area contributed by atoms with Gasteiger partial charge in [-0.1, -0.05) is 5.16 Å². The Morgan fingerprint density at radius 3 is 3.09 bits per heavy atom. The third-order valence-corrected chi connectivity index (χ3v) is 2.13. The summed E-state index contributed by atoms with van der Waals surface area (Å²) < 4.78 is 6.07. The number of rotatable bonds is 0. The first-order valence-corrected chi connectivity index (χ1v) is 4.15. The topological polar surface area (TPSA) is 52.0 Å². The average molecular weight is 260 g/mol. The maximum atomic E-state index is 5.52. The number of nitrogens with two attached hydrogens (primary N) is 1. The second-order valence-corrected chi connectivity index (χ2v) is 3.45. The normalized spacial score (nSPS) is 10.6. The molecule has 0 unspecified atom stereocenters. The monoisotopic (exact) mass is 260 g/mol. The van der Waals surface area contributed by atoms with Crippen LogP contribution in [0.15, 0.2) is 22.7 Å². The van der Waals surface area contributed by atoms with Gasteiger partial charge in [-0.15, -0.1) is 0 Å². The maximum absolute atomic E-state index is 5.52. The Hall–Kier alpha value is -0.780. The minimum atomic E-state index is 0.455. The van der Waals surface area contributed by atoms with E-state index >= 15 is 0 Å². The van der Waals surface area contributed by atoms with Gasteiger partial charge in [0.25, 0.3) is 0 Å². The molecule has 3 nitrogen and oxygen atoms in total. The molecule has 56 valence electrons. The van der Waals surface area contributed by atoms with Crippen LogP contribution in [0.25, 0.3) is 11.0 Å². The highest BCUT2D eigenvalue weighted by atomic mass is 127. The van der Waals surface area contributed by atoms with Crippen molar-refractivity contribution in [2.75, 3.05) is 5.73 Å². The molecule has 2 aromatic rings. The molecule has 1 aromatic carbocycles. The van der Waals surface area contributed by atoms with Crippen LogP contribution in [0.4, 0.5) is 5.82 Å². The predicted octanol–water partition coefficient (Wildman–Crippen LogP) is 2.01. The van der Waals surface area contributed by atoms with Crippen molar-refractivity contribution >= 4 is 39.4 Å². The summed E-state index contributed by atoms with van der Waals surface area (Å²) in [5.74, 6) is 0.455. The number of fused-ring (bicyclic) bond motifs is 1. The van der Waals surface area contributed by atoms with Crippen LogP contribution in [-0.2, 0) is 0 Å². The lowest BCUT2D eigenvalue weighted by Crippen LogP contribution is -1.82. The van der Waals surface area contributed by atoms with Gasteiger partial charge in [0, 0.05) is 3.57 Å². The summed E-state index contributed by atoms with van der Waals surface area (Å²) in [5, 5.41) is 4.52. The fourth-order valence-corrected chi connectivity index (χ4v) is 1.39. The molecule has 0 saturated carbocycles. The molecule has 1 aromatic heterocycles.